The Labute approximate surface area is 237 Å². The molecule has 2 unspecified atom stereocenters. The Bertz CT molecular complexity index is 1270. The first-order valence-electron chi connectivity index (χ1n) is 15.0. The molecule has 0 radical (unpaired) electrons. The van der Waals surface area contributed by atoms with E-state index in [0.29, 0.717) is 11.8 Å². The Morgan fingerprint density at radius 3 is 2.79 bits per heavy atom. The molecule has 7 rings (SSSR count). The van der Waals surface area contributed by atoms with E-state index in [0.717, 1.165) is 86.0 Å². The zero-order valence-corrected chi connectivity index (χ0v) is 24.0. The molecular formula is C31H42N6OS. The number of ether oxygens (including phenoxy) is 1. The van der Waals surface area contributed by atoms with Crippen molar-refractivity contribution in [3.63, 3.8) is 0 Å². The van der Waals surface area contributed by atoms with Crippen LogP contribution in [-0.4, -0.2) is 39.3 Å². The highest BCUT2D eigenvalue weighted by Crippen LogP contribution is 2.93. The van der Waals surface area contributed by atoms with Crippen molar-refractivity contribution >= 4 is 18.4 Å². The highest BCUT2D eigenvalue weighted by molar-refractivity contribution is 7.81. The van der Waals surface area contributed by atoms with Gasteiger partial charge in [-0.15, -0.1) is 5.10 Å². The van der Waals surface area contributed by atoms with Gasteiger partial charge in [0.25, 0.3) is 0 Å². The molecule has 2 aliphatic heterocycles. The number of nitrogens with two attached hydrogens (primary N) is 1. The molecule has 3 saturated carbocycles. The summed E-state index contributed by atoms with van der Waals surface area (Å²) in [5.41, 5.74) is 8.82. The Balaban J connectivity index is 1.09. The third kappa shape index (κ3) is 4.62. The van der Waals surface area contributed by atoms with Gasteiger partial charge in [0, 0.05) is 25.4 Å². The van der Waals surface area contributed by atoms with Gasteiger partial charge in [0.15, 0.2) is 5.82 Å². The molecule has 7 nitrogen and oxygen atoms in total. The number of nitrogens with zero attached hydrogens (tertiary/aromatic N) is 4. The van der Waals surface area contributed by atoms with Gasteiger partial charge in [0.05, 0.1) is 17.3 Å². The van der Waals surface area contributed by atoms with Gasteiger partial charge >= 0.3 is 0 Å². The van der Waals surface area contributed by atoms with Crippen LogP contribution in [0.2, 0.25) is 0 Å². The fourth-order valence-electron chi connectivity index (χ4n) is 8.05. The number of hydrogen-bond donors (Lipinski definition) is 3. The van der Waals surface area contributed by atoms with E-state index in [1.54, 1.807) is 0 Å². The van der Waals surface area contributed by atoms with E-state index in [-0.39, 0.29) is 4.87 Å². The van der Waals surface area contributed by atoms with Gasteiger partial charge in [-0.1, -0.05) is 18.2 Å². The topological polar surface area (TPSA) is 81.2 Å². The third-order valence-electron chi connectivity index (χ3n) is 10.3. The Hall–Kier alpha value is -2.61. The second-order valence-electron chi connectivity index (χ2n) is 12.8. The lowest BCUT2D eigenvalue weighted by Gasteiger charge is -2.33. The van der Waals surface area contributed by atoms with Crippen LogP contribution in [0.5, 0.6) is 5.88 Å². The second-order valence-corrected chi connectivity index (χ2v) is 13.8. The lowest BCUT2D eigenvalue weighted by Crippen LogP contribution is -2.37. The maximum atomic E-state index is 6.12. The van der Waals surface area contributed by atoms with Crippen molar-refractivity contribution < 1.29 is 4.74 Å². The van der Waals surface area contributed by atoms with Gasteiger partial charge < -0.3 is 20.7 Å². The summed E-state index contributed by atoms with van der Waals surface area (Å²) < 4.78 is 7.98. The van der Waals surface area contributed by atoms with Crippen LogP contribution < -0.4 is 20.7 Å². The van der Waals surface area contributed by atoms with Crippen LogP contribution in [0.25, 0.3) is 5.82 Å². The number of pyridine rings is 1. The first-order chi connectivity index (χ1) is 18.9. The Morgan fingerprint density at radius 2 is 2.00 bits per heavy atom. The predicted octanol–water partition coefficient (Wildman–Crippen LogP) is 5.37. The monoisotopic (exact) mass is 546 g/mol. The molecule has 0 aromatic carbocycles. The number of rotatable bonds is 5. The van der Waals surface area contributed by atoms with Crippen molar-refractivity contribution in [3.8, 4) is 11.7 Å². The SMILES string of the molecule is CC1(S)CC2CCCN/C(N)=C/C=C\CCc3ccc(-n4ccc(OCCC5C6(CC6)C56CC6)n4)nc3N1C2. The lowest BCUT2D eigenvalue weighted by atomic mass is 10.0. The zero-order chi connectivity index (χ0) is 26.7. The molecular weight excluding hydrogens is 504 g/mol. The summed E-state index contributed by atoms with van der Waals surface area (Å²) in [5, 5.41) is 8.08. The molecule has 2 aromatic rings. The third-order valence-corrected chi connectivity index (χ3v) is 10.7. The fraction of sp³-hybridized carbons (Fsp3) is 0.613. The van der Waals surface area contributed by atoms with Crippen molar-refractivity contribution in [1.29, 1.82) is 0 Å². The van der Waals surface area contributed by atoms with E-state index in [9.17, 15) is 0 Å². The molecule has 2 atom stereocenters. The van der Waals surface area contributed by atoms with Gasteiger partial charge in [-0.25, -0.2) is 9.67 Å². The van der Waals surface area contributed by atoms with Crippen molar-refractivity contribution in [2.45, 2.75) is 76.0 Å². The molecule has 2 aromatic heterocycles. The smallest absolute Gasteiger partial charge is 0.233 e. The van der Waals surface area contributed by atoms with Gasteiger partial charge in [0.1, 0.15) is 5.82 Å². The molecule has 1 saturated heterocycles. The average molecular weight is 547 g/mol. The lowest BCUT2D eigenvalue weighted by molar-refractivity contribution is 0.283. The largest absolute Gasteiger partial charge is 0.477 e. The van der Waals surface area contributed by atoms with Gasteiger partial charge in [-0.05, 0) is 112 Å². The number of anilines is 1. The molecule has 2 spiro atoms. The minimum absolute atomic E-state index is 0.247. The molecule has 4 heterocycles. The van der Waals surface area contributed by atoms with Gasteiger partial charge in [-0.3, -0.25) is 0 Å². The molecule has 4 fully saturated rings. The predicted molar refractivity (Wildman–Crippen MR) is 158 cm³/mol. The Morgan fingerprint density at radius 1 is 1.18 bits per heavy atom. The first-order valence-corrected chi connectivity index (χ1v) is 15.4. The number of allylic oxidation sites excluding steroid dienone is 3. The van der Waals surface area contributed by atoms with Crippen LogP contribution in [0.1, 0.15) is 70.3 Å². The van der Waals surface area contributed by atoms with E-state index in [2.05, 4.69) is 35.3 Å². The van der Waals surface area contributed by atoms with Crippen molar-refractivity contribution in [3.05, 3.63) is 54.0 Å². The number of hydrogen-bond acceptors (Lipinski definition) is 7. The van der Waals surface area contributed by atoms with Crippen molar-refractivity contribution in [2.75, 3.05) is 24.6 Å². The van der Waals surface area contributed by atoms with Crippen molar-refractivity contribution in [1.82, 2.24) is 20.1 Å². The molecule has 39 heavy (non-hydrogen) atoms. The maximum Gasteiger partial charge on any atom is 0.233 e. The Kier molecular flexibility index (Phi) is 6.18. The summed E-state index contributed by atoms with van der Waals surface area (Å²) in [6.07, 6.45) is 20.2. The van der Waals surface area contributed by atoms with E-state index in [1.807, 2.05) is 29.1 Å². The van der Waals surface area contributed by atoms with Crippen LogP contribution in [0, 0.1) is 22.7 Å². The summed E-state index contributed by atoms with van der Waals surface area (Å²) in [6.45, 7) is 4.84. The summed E-state index contributed by atoms with van der Waals surface area (Å²) in [4.78, 5) is 7.37. The molecule has 8 heteroatoms. The molecule has 2 bridgehead atoms. The minimum atomic E-state index is -0.247. The normalized spacial score (nSPS) is 31.0. The van der Waals surface area contributed by atoms with Gasteiger partial charge in [-0.2, -0.15) is 12.6 Å². The molecule has 3 aliphatic carbocycles. The number of nitrogens with one attached hydrogen (secondary N) is 1. The van der Waals surface area contributed by atoms with Crippen LogP contribution >= 0.6 is 12.6 Å². The molecule has 208 valence electrons. The molecule has 5 aliphatic rings. The second kappa shape index (κ2) is 9.50. The van der Waals surface area contributed by atoms with Crippen LogP contribution in [0.15, 0.2) is 48.4 Å². The first kappa shape index (κ1) is 25.4. The average Bonchev–Trinajstić information content (AvgIpc) is 3.86. The minimum Gasteiger partial charge on any atom is -0.477 e. The summed E-state index contributed by atoms with van der Waals surface area (Å²) in [7, 11) is 0. The standard InChI is InChI=1S/C31H42N6OS/c1-29(39)20-22-6-5-17-33-25(32)8-4-2-3-7-23-9-10-26(34-28(23)36(29)21-22)37-18-11-27(35-37)38-19-12-24-30(13-14-30)31(24)15-16-31/h2,4,8-11,18,22,24,33,39H,3,5-7,12-17,19-21,32H2,1H3/b4-2-,25-8+. The van der Waals surface area contributed by atoms with Crippen LogP contribution in [0.3, 0.4) is 0 Å². The summed E-state index contributed by atoms with van der Waals surface area (Å²) in [6, 6.07) is 6.26. The van der Waals surface area contributed by atoms with Crippen molar-refractivity contribution in [2.24, 2.45) is 28.4 Å². The van der Waals surface area contributed by atoms with Crippen LogP contribution in [0.4, 0.5) is 5.82 Å². The number of aryl methyl sites for hydroxylation is 1. The highest BCUT2D eigenvalue weighted by Gasteiger charge is 2.85. The summed E-state index contributed by atoms with van der Waals surface area (Å²) >= 11 is 5.15. The number of fused-ring (bicyclic) bond motifs is 5. The fourth-order valence-corrected chi connectivity index (χ4v) is 8.48. The highest BCUT2D eigenvalue weighted by atomic mass is 32.1. The van der Waals surface area contributed by atoms with E-state index < -0.39 is 0 Å². The maximum absolute atomic E-state index is 6.12. The van der Waals surface area contributed by atoms with E-state index in [1.165, 1.54) is 37.7 Å². The quantitative estimate of drug-likeness (QED) is 0.438. The van der Waals surface area contributed by atoms with Crippen LogP contribution in [-0.2, 0) is 6.42 Å². The van der Waals surface area contributed by atoms with E-state index >= 15 is 0 Å². The number of thiol groups is 1. The van der Waals surface area contributed by atoms with E-state index in [4.69, 9.17) is 33.2 Å². The molecule has 0 amide bonds. The zero-order valence-electron chi connectivity index (χ0n) is 23.1. The summed E-state index contributed by atoms with van der Waals surface area (Å²) in [5.74, 6) is 4.74. The number of aromatic nitrogens is 3. The molecule has 3 N–H and O–H groups in total. The van der Waals surface area contributed by atoms with Gasteiger partial charge in [0.2, 0.25) is 5.88 Å².